The van der Waals surface area contributed by atoms with E-state index >= 15 is 0 Å². The molecule has 0 aliphatic heterocycles. The predicted octanol–water partition coefficient (Wildman–Crippen LogP) is 3.14. The van der Waals surface area contributed by atoms with Crippen LogP contribution in [0.2, 0.25) is 0 Å². The van der Waals surface area contributed by atoms with Gasteiger partial charge in [0.05, 0.1) is 10.9 Å². The highest BCUT2D eigenvalue weighted by molar-refractivity contribution is 6.04. The van der Waals surface area contributed by atoms with E-state index in [1.54, 1.807) is 37.3 Å². The number of carboxylic acid groups (broad SMARTS) is 1. The molecule has 22 heavy (non-hydrogen) atoms. The Hall–Kier alpha value is -2.95. The summed E-state index contributed by atoms with van der Waals surface area (Å²) in [6, 6.07) is 12.2. The highest BCUT2D eigenvalue weighted by atomic mass is 19.1. The summed E-state index contributed by atoms with van der Waals surface area (Å²) < 4.78 is 14.8. The number of halogens is 1. The minimum atomic E-state index is -1.15. The Kier molecular flexibility index (Phi) is 3.25. The van der Waals surface area contributed by atoms with Crippen molar-refractivity contribution in [2.24, 2.45) is 0 Å². The molecular weight excluding hydrogens is 285 g/mol. The molecule has 0 amide bonds. The van der Waals surface area contributed by atoms with Crippen molar-refractivity contribution >= 4 is 16.7 Å². The number of hydrogen-bond donors (Lipinski definition) is 1. The number of hydrogen-bond acceptors (Lipinski definition) is 2. The second kappa shape index (κ2) is 5.11. The number of rotatable bonds is 2. The van der Waals surface area contributed by atoms with Crippen molar-refractivity contribution in [3.05, 3.63) is 76.0 Å². The maximum Gasteiger partial charge on any atom is 0.338 e. The monoisotopic (exact) mass is 297 g/mol. The zero-order valence-corrected chi connectivity index (χ0v) is 11.7. The van der Waals surface area contributed by atoms with Crippen LogP contribution in [0.4, 0.5) is 4.39 Å². The van der Waals surface area contributed by atoms with Crippen LogP contribution in [-0.4, -0.2) is 15.6 Å². The van der Waals surface area contributed by atoms with E-state index in [9.17, 15) is 19.1 Å². The molecule has 110 valence electrons. The van der Waals surface area contributed by atoms with Gasteiger partial charge in [0.1, 0.15) is 5.82 Å². The number of aromatic nitrogens is 1. The molecule has 1 aromatic heterocycles. The standard InChI is InChI=1S/C17H12FNO3/c1-10-15(17(21)22)13-8-7-11(18)9-14(13)16(20)19(10)12-5-3-2-4-6-12/h2-9H,1H3,(H,21,22). The van der Waals surface area contributed by atoms with E-state index in [4.69, 9.17) is 0 Å². The number of aromatic carboxylic acids is 1. The molecule has 0 radical (unpaired) electrons. The van der Waals surface area contributed by atoms with Crippen molar-refractivity contribution in [2.45, 2.75) is 6.92 Å². The van der Waals surface area contributed by atoms with Crippen LogP contribution in [0.15, 0.2) is 53.3 Å². The third-order valence-corrected chi connectivity index (χ3v) is 3.61. The van der Waals surface area contributed by atoms with Crippen LogP contribution >= 0.6 is 0 Å². The molecule has 4 nitrogen and oxygen atoms in total. The molecule has 0 unspecified atom stereocenters. The maximum absolute atomic E-state index is 13.5. The first-order valence-electron chi connectivity index (χ1n) is 6.64. The lowest BCUT2D eigenvalue weighted by molar-refractivity contribution is 0.0697. The molecular formula is C17H12FNO3. The zero-order chi connectivity index (χ0) is 15.9. The lowest BCUT2D eigenvalue weighted by Gasteiger charge is -2.15. The Morgan fingerprint density at radius 3 is 2.41 bits per heavy atom. The van der Waals surface area contributed by atoms with E-state index in [0.29, 0.717) is 11.4 Å². The Bertz CT molecular complexity index is 946. The quantitative estimate of drug-likeness (QED) is 0.790. The summed E-state index contributed by atoms with van der Waals surface area (Å²) in [7, 11) is 0. The highest BCUT2D eigenvalue weighted by Gasteiger charge is 2.19. The molecule has 0 saturated heterocycles. The molecule has 0 aliphatic rings. The lowest BCUT2D eigenvalue weighted by Crippen LogP contribution is -2.24. The summed E-state index contributed by atoms with van der Waals surface area (Å²) in [5, 5.41) is 9.77. The number of carboxylic acids is 1. The van der Waals surface area contributed by atoms with Crippen molar-refractivity contribution in [1.29, 1.82) is 0 Å². The first kappa shape index (κ1) is 14.0. The van der Waals surface area contributed by atoms with E-state index in [0.717, 1.165) is 12.1 Å². The smallest absolute Gasteiger partial charge is 0.338 e. The van der Waals surface area contributed by atoms with Gasteiger partial charge in [0.15, 0.2) is 0 Å². The van der Waals surface area contributed by atoms with Crippen LogP contribution in [0.25, 0.3) is 16.5 Å². The molecule has 0 fully saturated rings. The zero-order valence-electron chi connectivity index (χ0n) is 11.7. The van der Waals surface area contributed by atoms with Crippen molar-refractivity contribution in [3.63, 3.8) is 0 Å². The van der Waals surface area contributed by atoms with Gasteiger partial charge in [-0.05, 0) is 31.2 Å². The van der Waals surface area contributed by atoms with E-state index in [-0.39, 0.29) is 16.3 Å². The fourth-order valence-corrected chi connectivity index (χ4v) is 2.65. The summed E-state index contributed by atoms with van der Waals surface area (Å²) in [4.78, 5) is 24.3. The first-order chi connectivity index (χ1) is 10.5. The molecule has 3 rings (SSSR count). The fourth-order valence-electron chi connectivity index (χ4n) is 2.65. The third-order valence-electron chi connectivity index (χ3n) is 3.61. The normalized spacial score (nSPS) is 10.8. The number of carbonyl (C=O) groups is 1. The van der Waals surface area contributed by atoms with Gasteiger partial charge in [0.2, 0.25) is 0 Å². The summed E-state index contributed by atoms with van der Waals surface area (Å²) in [6.45, 7) is 1.57. The van der Waals surface area contributed by atoms with Gasteiger partial charge in [0, 0.05) is 16.8 Å². The summed E-state index contributed by atoms with van der Waals surface area (Å²) in [6.07, 6.45) is 0. The second-order valence-corrected chi connectivity index (χ2v) is 4.93. The van der Waals surface area contributed by atoms with Crippen LogP contribution in [0.1, 0.15) is 16.1 Å². The van der Waals surface area contributed by atoms with Crippen molar-refractivity contribution < 1.29 is 14.3 Å². The van der Waals surface area contributed by atoms with Crippen LogP contribution < -0.4 is 5.56 Å². The first-order valence-corrected chi connectivity index (χ1v) is 6.64. The Labute approximate surface area is 125 Å². The van der Waals surface area contributed by atoms with Gasteiger partial charge in [-0.2, -0.15) is 0 Å². The number of para-hydroxylation sites is 1. The van der Waals surface area contributed by atoms with E-state index < -0.39 is 17.3 Å². The Morgan fingerprint density at radius 2 is 1.77 bits per heavy atom. The SMILES string of the molecule is Cc1c(C(=O)O)c2ccc(F)cc2c(=O)n1-c1ccccc1. The molecule has 0 atom stereocenters. The van der Waals surface area contributed by atoms with Crippen LogP contribution in [-0.2, 0) is 0 Å². The van der Waals surface area contributed by atoms with Crippen LogP contribution in [0.5, 0.6) is 0 Å². The molecule has 1 heterocycles. The lowest BCUT2D eigenvalue weighted by atomic mass is 10.0. The molecule has 1 N–H and O–H groups in total. The summed E-state index contributed by atoms with van der Waals surface area (Å²) in [5.74, 6) is -1.73. The number of fused-ring (bicyclic) bond motifs is 1. The largest absolute Gasteiger partial charge is 0.478 e. The number of nitrogens with zero attached hydrogens (tertiary/aromatic N) is 1. The van der Waals surface area contributed by atoms with Gasteiger partial charge in [0.25, 0.3) is 5.56 Å². The average molecular weight is 297 g/mol. The van der Waals surface area contributed by atoms with E-state index in [1.165, 1.54) is 10.6 Å². The van der Waals surface area contributed by atoms with E-state index in [1.807, 2.05) is 0 Å². The molecule has 0 spiro atoms. The minimum Gasteiger partial charge on any atom is -0.478 e. The van der Waals surface area contributed by atoms with Gasteiger partial charge in [-0.15, -0.1) is 0 Å². The summed E-state index contributed by atoms with van der Waals surface area (Å²) >= 11 is 0. The third kappa shape index (κ3) is 2.07. The van der Waals surface area contributed by atoms with Gasteiger partial charge in [-0.25, -0.2) is 9.18 Å². The van der Waals surface area contributed by atoms with E-state index in [2.05, 4.69) is 0 Å². The molecule has 0 saturated carbocycles. The Morgan fingerprint density at radius 1 is 1.09 bits per heavy atom. The fraction of sp³-hybridized carbons (Fsp3) is 0.0588. The molecule has 2 aromatic carbocycles. The van der Waals surface area contributed by atoms with Gasteiger partial charge in [-0.3, -0.25) is 9.36 Å². The number of benzene rings is 2. The Balaban J connectivity index is 2.54. The maximum atomic E-state index is 13.5. The highest BCUT2D eigenvalue weighted by Crippen LogP contribution is 2.22. The molecule has 0 aliphatic carbocycles. The molecule has 0 bridgehead atoms. The predicted molar refractivity (Wildman–Crippen MR) is 81.2 cm³/mol. The molecule has 5 heteroatoms. The van der Waals surface area contributed by atoms with Crippen molar-refractivity contribution in [3.8, 4) is 5.69 Å². The van der Waals surface area contributed by atoms with Crippen LogP contribution in [0, 0.1) is 12.7 Å². The summed E-state index contributed by atoms with van der Waals surface area (Å²) in [5.41, 5.74) is 0.406. The topological polar surface area (TPSA) is 59.3 Å². The minimum absolute atomic E-state index is 0.00143. The van der Waals surface area contributed by atoms with Crippen molar-refractivity contribution in [1.82, 2.24) is 4.57 Å². The van der Waals surface area contributed by atoms with Gasteiger partial charge < -0.3 is 5.11 Å². The molecule has 3 aromatic rings. The van der Waals surface area contributed by atoms with Gasteiger partial charge >= 0.3 is 5.97 Å². The van der Waals surface area contributed by atoms with Crippen molar-refractivity contribution in [2.75, 3.05) is 0 Å². The number of pyridine rings is 1. The second-order valence-electron chi connectivity index (χ2n) is 4.93. The van der Waals surface area contributed by atoms with Gasteiger partial charge in [-0.1, -0.05) is 24.3 Å². The average Bonchev–Trinajstić information content (AvgIpc) is 2.49. The van der Waals surface area contributed by atoms with Crippen LogP contribution in [0.3, 0.4) is 0 Å².